The Hall–Kier alpha value is -0.370. The van der Waals surface area contributed by atoms with E-state index in [-0.39, 0.29) is 16.7 Å². The molecule has 0 aromatic heterocycles. The molecule has 4 unspecified atom stereocenters. The lowest BCUT2D eigenvalue weighted by atomic mass is 9.45. The fourth-order valence-electron chi connectivity index (χ4n) is 4.76. The van der Waals surface area contributed by atoms with Gasteiger partial charge in [0, 0.05) is 5.41 Å². The standard InChI is InChI=1S/C15H26O2/c1-11-6-7-12-13(2,3)8-5-9-14(12,4)15(11,17)10-16/h10-12,17H,5-9H2,1-4H3. The zero-order valence-electron chi connectivity index (χ0n) is 11.6. The number of carbonyl (C=O) groups is 1. The Labute approximate surface area is 105 Å². The lowest BCUT2D eigenvalue weighted by Gasteiger charge is -2.61. The Bertz CT molecular complexity index is 323. The molecule has 17 heavy (non-hydrogen) atoms. The van der Waals surface area contributed by atoms with E-state index >= 15 is 0 Å². The van der Waals surface area contributed by atoms with E-state index in [1.807, 2.05) is 6.92 Å². The molecule has 0 spiro atoms. The monoisotopic (exact) mass is 238 g/mol. The predicted octanol–water partition coefficient (Wildman–Crippen LogP) is 3.18. The van der Waals surface area contributed by atoms with Crippen LogP contribution in [-0.4, -0.2) is 17.0 Å². The van der Waals surface area contributed by atoms with Gasteiger partial charge in [0.1, 0.15) is 5.60 Å². The highest BCUT2D eigenvalue weighted by atomic mass is 16.3. The average molecular weight is 238 g/mol. The van der Waals surface area contributed by atoms with E-state index in [0.717, 1.165) is 32.0 Å². The van der Waals surface area contributed by atoms with Crippen molar-refractivity contribution in [3.05, 3.63) is 0 Å². The van der Waals surface area contributed by atoms with Crippen LogP contribution in [0, 0.1) is 22.7 Å². The van der Waals surface area contributed by atoms with Crippen LogP contribution in [0.5, 0.6) is 0 Å². The quantitative estimate of drug-likeness (QED) is 0.712. The van der Waals surface area contributed by atoms with Gasteiger partial charge in [0.2, 0.25) is 0 Å². The molecule has 0 radical (unpaired) electrons. The zero-order valence-corrected chi connectivity index (χ0v) is 11.6. The second kappa shape index (κ2) is 3.81. The number of fused-ring (bicyclic) bond motifs is 1. The summed E-state index contributed by atoms with van der Waals surface area (Å²) in [5.74, 6) is 0.560. The summed E-state index contributed by atoms with van der Waals surface area (Å²) in [6.45, 7) is 8.77. The summed E-state index contributed by atoms with van der Waals surface area (Å²) in [7, 11) is 0. The van der Waals surface area contributed by atoms with Gasteiger partial charge in [-0.3, -0.25) is 0 Å². The number of aliphatic hydroxyl groups is 1. The van der Waals surface area contributed by atoms with E-state index in [0.29, 0.717) is 5.92 Å². The molecule has 0 aromatic carbocycles. The third kappa shape index (κ3) is 1.60. The topological polar surface area (TPSA) is 37.3 Å². The molecule has 2 nitrogen and oxygen atoms in total. The highest BCUT2D eigenvalue weighted by Gasteiger charge is 2.61. The van der Waals surface area contributed by atoms with Crippen LogP contribution in [0.1, 0.15) is 59.8 Å². The Morgan fingerprint density at radius 2 is 1.82 bits per heavy atom. The van der Waals surface area contributed by atoms with Crippen molar-refractivity contribution in [3.63, 3.8) is 0 Å². The summed E-state index contributed by atoms with van der Waals surface area (Å²) in [5, 5.41) is 10.9. The van der Waals surface area contributed by atoms with Crippen molar-refractivity contribution < 1.29 is 9.90 Å². The van der Waals surface area contributed by atoms with Gasteiger partial charge in [-0.15, -0.1) is 0 Å². The average Bonchev–Trinajstić information content (AvgIpc) is 2.24. The van der Waals surface area contributed by atoms with Crippen LogP contribution >= 0.6 is 0 Å². The minimum absolute atomic E-state index is 0.0927. The van der Waals surface area contributed by atoms with Gasteiger partial charge in [-0.1, -0.05) is 34.1 Å². The molecule has 2 aliphatic rings. The van der Waals surface area contributed by atoms with E-state index in [4.69, 9.17) is 0 Å². The molecule has 0 amide bonds. The summed E-state index contributed by atoms with van der Waals surface area (Å²) in [6, 6.07) is 0. The molecular formula is C15H26O2. The van der Waals surface area contributed by atoms with Crippen molar-refractivity contribution in [2.45, 2.75) is 65.4 Å². The van der Waals surface area contributed by atoms with Gasteiger partial charge < -0.3 is 9.90 Å². The minimum atomic E-state index is -1.12. The van der Waals surface area contributed by atoms with Crippen molar-refractivity contribution in [2.75, 3.05) is 0 Å². The molecular weight excluding hydrogens is 212 g/mol. The maximum absolute atomic E-state index is 11.5. The van der Waals surface area contributed by atoms with Gasteiger partial charge in [0.15, 0.2) is 6.29 Å². The lowest BCUT2D eigenvalue weighted by molar-refractivity contribution is -0.199. The van der Waals surface area contributed by atoms with Crippen LogP contribution < -0.4 is 0 Å². The van der Waals surface area contributed by atoms with E-state index in [2.05, 4.69) is 20.8 Å². The molecule has 98 valence electrons. The van der Waals surface area contributed by atoms with Gasteiger partial charge >= 0.3 is 0 Å². The highest BCUT2D eigenvalue weighted by Crippen LogP contribution is 2.61. The predicted molar refractivity (Wildman–Crippen MR) is 68.6 cm³/mol. The zero-order chi connectivity index (χ0) is 12.9. The van der Waals surface area contributed by atoms with E-state index < -0.39 is 5.60 Å². The number of aldehydes is 1. The molecule has 0 aromatic rings. The van der Waals surface area contributed by atoms with Crippen molar-refractivity contribution in [3.8, 4) is 0 Å². The van der Waals surface area contributed by atoms with Crippen LogP contribution in [0.4, 0.5) is 0 Å². The SMILES string of the molecule is CC1CCC2C(C)(C)CCCC2(C)C1(O)C=O. The van der Waals surface area contributed by atoms with E-state index in [9.17, 15) is 9.90 Å². The molecule has 2 heteroatoms. The van der Waals surface area contributed by atoms with Crippen LogP contribution in [0.3, 0.4) is 0 Å². The number of carbonyl (C=O) groups excluding carboxylic acids is 1. The third-order valence-electron chi connectivity index (χ3n) is 5.96. The fraction of sp³-hybridized carbons (Fsp3) is 0.933. The first-order valence-corrected chi connectivity index (χ1v) is 6.96. The van der Waals surface area contributed by atoms with Crippen LogP contribution in [-0.2, 0) is 4.79 Å². The Morgan fingerprint density at radius 1 is 1.18 bits per heavy atom. The Kier molecular flexibility index (Phi) is 2.93. The first-order chi connectivity index (χ1) is 7.78. The highest BCUT2D eigenvalue weighted by molar-refractivity contribution is 5.65. The molecule has 2 aliphatic carbocycles. The first-order valence-electron chi connectivity index (χ1n) is 6.96. The van der Waals surface area contributed by atoms with E-state index in [1.54, 1.807) is 0 Å². The second-order valence-electron chi connectivity index (χ2n) is 7.23. The van der Waals surface area contributed by atoms with E-state index in [1.165, 1.54) is 6.42 Å². The van der Waals surface area contributed by atoms with Gasteiger partial charge in [0.25, 0.3) is 0 Å². The summed E-state index contributed by atoms with van der Waals surface area (Å²) < 4.78 is 0. The third-order valence-corrected chi connectivity index (χ3v) is 5.96. The largest absolute Gasteiger partial charge is 0.382 e. The van der Waals surface area contributed by atoms with Crippen LogP contribution in [0.2, 0.25) is 0 Å². The molecule has 0 aliphatic heterocycles. The molecule has 2 rings (SSSR count). The van der Waals surface area contributed by atoms with Gasteiger partial charge in [-0.05, 0) is 42.9 Å². The van der Waals surface area contributed by atoms with Crippen LogP contribution in [0.25, 0.3) is 0 Å². The molecule has 2 fully saturated rings. The molecule has 1 N–H and O–H groups in total. The van der Waals surface area contributed by atoms with Crippen molar-refractivity contribution >= 4 is 6.29 Å². The smallest absolute Gasteiger partial charge is 0.152 e. The Morgan fingerprint density at radius 3 is 2.41 bits per heavy atom. The summed E-state index contributed by atoms with van der Waals surface area (Å²) in [5.41, 5.74) is -1.09. The molecule has 4 atom stereocenters. The lowest BCUT2D eigenvalue weighted by Crippen LogP contribution is -2.63. The molecule has 0 bridgehead atoms. The maximum Gasteiger partial charge on any atom is 0.152 e. The van der Waals surface area contributed by atoms with Gasteiger partial charge in [0.05, 0.1) is 0 Å². The van der Waals surface area contributed by atoms with Crippen molar-refractivity contribution in [1.29, 1.82) is 0 Å². The molecule has 0 heterocycles. The van der Waals surface area contributed by atoms with Gasteiger partial charge in [-0.2, -0.15) is 0 Å². The minimum Gasteiger partial charge on any atom is -0.382 e. The second-order valence-corrected chi connectivity index (χ2v) is 7.23. The molecule has 0 saturated heterocycles. The van der Waals surface area contributed by atoms with Gasteiger partial charge in [-0.25, -0.2) is 0 Å². The van der Waals surface area contributed by atoms with Crippen molar-refractivity contribution in [2.24, 2.45) is 22.7 Å². The molecule has 2 saturated carbocycles. The van der Waals surface area contributed by atoms with Crippen LogP contribution in [0.15, 0.2) is 0 Å². The summed E-state index contributed by atoms with van der Waals surface area (Å²) >= 11 is 0. The first kappa shape index (κ1) is 13.1. The normalized spacial score (nSPS) is 49.5. The fourth-order valence-corrected chi connectivity index (χ4v) is 4.76. The summed E-state index contributed by atoms with van der Waals surface area (Å²) in [6.07, 6.45) is 6.30. The summed E-state index contributed by atoms with van der Waals surface area (Å²) in [4.78, 5) is 11.5. The number of rotatable bonds is 1. The number of hydrogen-bond acceptors (Lipinski definition) is 2. The maximum atomic E-state index is 11.5. The Balaban J connectivity index is 2.45. The van der Waals surface area contributed by atoms with Crippen molar-refractivity contribution in [1.82, 2.24) is 0 Å². The number of hydrogen-bond donors (Lipinski definition) is 1.